The van der Waals surface area contributed by atoms with Crippen LogP contribution in [0.3, 0.4) is 0 Å². The van der Waals surface area contributed by atoms with Crippen LogP contribution in [-0.4, -0.2) is 37.7 Å². The fourth-order valence-corrected chi connectivity index (χ4v) is 3.35. The van der Waals surface area contributed by atoms with E-state index in [-0.39, 0.29) is 0 Å². The highest BCUT2D eigenvalue weighted by Crippen LogP contribution is 2.44. The predicted octanol–water partition coefficient (Wildman–Crippen LogP) is 3.42. The van der Waals surface area contributed by atoms with E-state index in [1.54, 1.807) is 0 Å². The zero-order valence-electron chi connectivity index (χ0n) is 12.5. The molecule has 1 heterocycles. The Labute approximate surface area is 108 Å². The zero-order chi connectivity index (χ0) is 12.9. The van der Waals surface area contributed by atoms with E-state index in [9.17, 15) is 0 Å². The second-order valence-electron chi connectivity index (χ2n) is 6.08. The standard InChI is InChI=1S/C15H31NO/c1-6-17-12-11-16-9-7-15(8-10-16,13(2)3)14(4)5/h13-14H,6-12H2,1-5H3. The van der Waals surface area contributed by atoms with E-state index in [0.717, 1.165) is 31.6 Å². The first kappa shape index (κ1) is 15.0. The van der Waals surface area contributed by atoms with Crippen LogP contribution in [0.1, 0.15) is 47.5 Å². The van der Waals surface area contributed by atoms with Gasteiger partial charge in [-0.05, 0) is 50.1 Å². The fourth-order valence-electron chi connectivity index (χ4n) is 3.35. The van der Waals surface area contributed by atoms with E-state index in [4.69, 9.17) is 4.74 Å². The van der Waals surface area contributed by atoms with Crippen molar-refractivity contribution in [3.63, 3.8) is 0 Å². The Balaban J connectivity index is 2.42. The lowest BCUT2D eigenvalue weighted by atomic mass is 9.63. The number of hydrogen-bond donors (Lipinski definition) is 0. The molecule has 2 heteroatoms. The summed E-state index contributed by atoms with van der Waals surface area (Å²) in [5.41, 5.74) is 0.572. The normalized spacial score (nSPS) is 21.4. The molecule has 102 valence electrons. The van der Waals surface area contributed by atoms with E-state index in [2.05, 4.69) is 39.5 Å². The fraction of sp³-hybridized carbons (Fsp3) is 1.00. The van der Waals surface area contributed by atoms with Crippen molar-refractivity contribution in [3.05, 3.63) is 0 Å². The summed E-state index contributed by atoms with van der Waals surface area (Å²) in [6.07, 6.45) is 2.71. The number of rotatable bonds is 6. The summed E-state index contributed by atoms with van der Waals surface area (Å²) in [5.74, 6) is 1.60. The first-order valence-corrected chi connectivity index (χ1v) is 7.33. The lowest BCUT2D eigenvalue weighted by Crippen LogP contribution is -2.46. The van der Waals surface area contributed by atoms with Crippen LogP contribution in [0.2, 0.25) is 0 Å². The number of likely N-dealkylation sites (tertiary alicyclic amines) is 1. The zero-order valence-corrected chi connectivity index (χ0v) is 12.5. The summed E-state index contributed by atoms with van der Waals surface area (Å²) in [6.45, 7) is 17.0. The molecule has 1 rings (SSSR count). The molecule has 0 aromatic rings. The molecule has 0 saturated carbocycles. The molecule has 0 aromatic carbocycles. The van der Waals surface area contributed by atoms with Crippen LogP contribution in [0.15, 0.2) is 0 Å². The molecule has 17 heavy (non-hydrogen) atoms. The topological polar surface area (TPSA) is 12.5 Å². The van der Waals surface area contributed by atoms with Crippen molar-refractivity contribution in [2.45, 2.75) is 47.5 Å². The number of ether oxygens (including phenoxy) is 1. The third-order valence-electron chi connectivity index (χ3n) is 4.84. The average Bonchev–Trinajstić information content (AvgIpc) is 2.29. The summed E-state index contributed by atoms with van der Waals surface area (Å²) >= 11 is 0. The van der Waals surface area contributed by atoms with Crippen LogP contribution in [0.25, 0.3) is 0 Å². The van der Waals surface area contributed by atoms with Crippen molar-refractivity contribution in [2.75, 3.05) is 32.8 Å². The second-order valence-corrected chi connectivity index (χ2v) is 6.08. The minimum atomic E-state index is 0.572. The minimum Gasteiger partial charge on any atom is -0.380 e. The Hall–Kier alpha value is -0.0800. The molecule has 0 aromatic heterocycles. The second kappa shape index (κ2) is 6.75. The van der Waals surface area contributed by atoms with Crippen LogP contribution < -0.4 is 0 Å². The third-order valence-corrected chi connectivity index (χ3v) is 4.84. The third kappa shape index (κ3) is 3.69. The molecular formula is C15H31NO. The highest BCUT2D eigenvalue weighted by Gasteiger charge is 2.39. The van der Waals surface area contributed by atoms with E-state index in [0.29, 0.717) is 5.41 Å². The Bertz CT molecular complexity index is 195. The molecule has 0 atom stereocenters. The predicted molar refractivity (Wildman–Crippen MR) is 74.3 cm³/mol. The number of nitrogens with zero attached hydrogens (tertiary/aromatic N) is 1. The van der Waals surface area contributed by atoms with E-state index < -0.39 is 0 Å². The van der Waals surface area contributed by atoms with Gasteiger partial charge in [0.25, 0.3) is 0 Å². The molecule has 0 radical (unpaired) electrons. The first-order valence-electron chi connectivity index (χ1n) is 7.33. The molecule has 1 saturated heterocycles. The monoisotopic (exact) mass is 241 g/mol. The maximum atomic E-state index is 5.44. The van der Waals surface area contributed by atoms with Gasteiger partial charge in [0, 0.05) is 13.2 Å². The summed E-state index contributed by atoms with van der Waals surface area (Å²) in [6, 6.07) is 0. The smallest absolute Gasteiger partial charge is 0.0593 e. The van der Waals surface area contributed by atoms with Crippen molar-refractivity contribution in [2.24, 2.45) is 17.3 Å². The van der Waals surface area contributed by atoms with Crippen molar-refractivity contribution in [1.82, 2.24) is 4.90 Å². The van der Waals surface area contributed by atoms with Gasteiger partial charge in [-0.15, -0.1) is 0 Å². The average molecular weight is 241 g/mol. The molecule has 0 unspecified atom stereocenters. The van der Waals surface area contributed by atoms with Crippen molar-refractivity contribution in [3.8, 4) is 0 Å². The molecule has 0 bridgehead atoms. The van der Waals surface area contributed by atoms with Gasteiger partial charge in [0.05, 0.1) is 6.61 Å². The van der Waals surface area contributed by atoms with Crippen LogP contribution in [0.4, 0.5) is 0 Å². The lowest BCUT2D eigenvalue weighted by molar-refractivity contribution is 0.00890. The Morgan fingerprint density at radius 3 is 2.00 bits per heavy atom. The summed E-state index contributed by atoms with van der Waals surface area (Å²) < 4.78 is 5.44. The van der Waals surface area contributed by atoms with Gasteiger partial charge in [0.15, 0.2) is 0 Å². The van der Waals surface area contributed by atoms with Crippen molar-refractivity contribution >= 4 is 0 Å². The van der Waals surface area contributed by atoms with E-state index in [1.807, 2.05) is 0 Å². The van der Waals surface area contributed by atoms with Gasteiger partial charge < -0.3 is 9.64 Å². The van der Waals surface area contributed by atoms with Crippen LogP contribution in [0, 0.1) is 17.3 Å². The molecule has 2 nitrogen and oxygen atoms in total. The largest absolute Gasteiger partial charge is 0.380 e. The van der Waals surface area contributed by atoms with Crippen molar-refractivity contribution in [1.29, 1.82) is 0 Å². The molecule has 1 fully saturated rings. The Kier molecular flexibility index (Phi) is 5.94. The summed E-state index contributed by atoms with van der Waals surface area (Å²) in [5, 5.41) is 0. The SMILES string of the molecule is CCOCCN1CCC(C(C)C)(C(C)C)CC1. The highest BCUT2D eigenvalue weighted by molar-refractivity contribution is 4.90. The van der Waals surface area contributed by atoms with Gasteiger partial charge in [-0.25, -0.2) is 0 Å². The molecule has 1 aliphatic rings. The Morgan fingerprint density at radius 2 is 1.59 bits per heavy atom. The molecule has 0 spiro atoms. The van der Waals surface area contributed by atoms with Gasteiger partial charge in [0.1, 0.15) is 0 Å². The molecular weight excluding hydrogens is 210 g/mol. The Morgan fingerprint density at radius 1 is 1.06 bits per heavy atom. The van der Waals surface area contributed by atoms with Crippen LogP contribution in [-0.2, 0) is 4.74 Å². The number of piperidine rings is 1. The van der Waals surface area contributed by atoms with Crippen LogP contribution >= 0.6 is 0 Å². The van der Waals surface area contributed by atoms with Gasteiger partial charge in [0.2, 0.25) is 0 Å². The molecule has 0 N–H and O–H groups in total. The number of hydrogen-bond acceptors (Lipinski definition) is 2. The first-order chi connectivity index (χ1) is 8.03. The van der Waals surface area contributed by atoms with Gasteiger partial charge in [-0.3, -0.25) is 0 Å². The van der Waals surface area contributed by atoms with Gasteiger partial charge >= 0.3 is 0 Å². The maximum Gasteiger partial charge on any atom is 0.0593 e. The van der Waals surface area contributed by atoms with E-state index >= 15 is 0 Å². The quantitative estimate of drug-likeness (QED) is 0.661. The summed E-state index contributed by atoms with van der Waals surface area (Å²) in [7, 11) is 0. The lowest BCUT2D eigenvalue weighted by Gasteiger charge is -2.47. The van der Waals surface area contributed by atoms with Gasteiger partial charge in [-0.1, -0.05) is 27.7 Å². The van der Waals surface area contributed by atoms with Crippen molar-refractivity contribution < 1.29 is 4.74 Å². The van der Waals surface area contributed by atoms with Gasteiger partial charge in [-0.2, -0.15) is 0 Å². The molecule has 0 aliphatic carbocycles. The van der Waals surface area contributed by atoms with E-state index in [1.165, 1.54) is 25.9 Å². The van der Waals surface area contributed by atoms with Crippen LogP contribution in [0.5, 0.6) is 0 Å². The molecule has 0 amide bonds. The molecule has 1 aliphatic heterocycles. The summed E-state index contributed by atoms with van der Waals surface area (Å²) in [4.78, 5) is 2.57. The maximum absolute atomic E-state index is 5.44. The minimum absolute atomic E-state index is 0.572. The highest BCUT2D eigenvalue weighted by atomic mass is 16.5.